The average molecular weight is 284 g/mol. The molecule has 18 heavy (non-hydrogen) atoms. The Morgan fingerprint density at radius 2 is 1.83 bits per heavy atom. The monoisotopic (exact) mass is 283 g/mol. The van der Waals surface area contributed by atoms with E-state index in [-0.39, 0.29) is 11.9 Å². The van der Waals surface area contributed by atoms with Gasteiger partial charge in [-0.05, 0) is 42.8 Å². The molecule has 0 aliphatic carbocycles. The van der Waals surface area contributed by atoms with Crippen LogP contribution in [0.1, 0.15) is 18.5 Å². The Bertz CT molecular complexity index is 557. The van der Waals surface area contributed by atoms with Gasteiger partial charge >= 0.3 is 0 Å². The fraction of sp³-hybridized carbons (Fsp3) is 0.143. The van der Waals surface area contributed by atoms with E-state index < -0.39 is 0 Å². The molecule has 2 rings (SSSR count). The highest BCUT2D eigenvalue weighted by molar-refractivity contribution is 6.42. The molecule has 1 nitrogen and oxygen atoms in total. The number of anilines is 1. The molecule has 1 atom stereocenters. The van der Waals surface area contributed by atoms with Crippen LogP contribution in [0.2, 0.25) is 10.0 Å². The Hall–Kier alpha value is -1.25. The first-order valence-electron chi connectivity index (χ1n) is 5.53. The van der Waals surface area contributed by atoms with Gasteiger partial charge in [-0.3, -0.25) is 0 Å². The molecule has 2 aromatic carbocycles. The highest BCUT2D eigenvalue weighted by atomic mass is 35.5. The Morgan fingerprint density at radius 1 is 1.06 bits per heavy atom. The largest absolute Gasteiger partial charge is 0.378 e. The van der Waals surface area contributed by atoms with E-state index in [1.807, 2.05) is 19.1 Å². The van der Waals surface area contributed by atoms with Crippen LogP contribution in [-0.4, -0.2) is 0 Å². The predicted molar refractivity (Wildman–Crippen MR) is 74.9 cm³/mol. The van der Waals surface area contributed by atoms with Gasteiger partial charge in [0.15, 0.2) is 0 Å². The summed E-state index contributed by atoms with van der Waals surface area (Å²) >= 11 is 11.8. The zero-order valence-corrected chi connectivity index (χ0v) is 11.3. The molecule has 0 saturated heterocycles. The molecule has 0 saturated carbocycles. The highest BCUT2D eigenvalue weighted by Crippen LogP contribution is 2.27. The predicted octanol–water partition coefficient (Wildman–Crippen LogP) is 5.31. The summed E-state index contributed by atoms with van der Waals surface area (Å²) in [6.45, 7) is 1.98. The summed E-state index contributed by atoms with van der Waals surface area (Å²) in [6.07, 6.45) is 0. The third-order valence-electron chi connectivity index (χ3n) is 2.65. The van der Waals surface area contributed by atoms with E-state index in [1.54, 1.807) is 18.2 Å². The third kappa shape index (κ3) is 3.15. The van der Waals surface area contributed by atoms with Crippen LogP contribution >= 0.6 is 23.2 Å². The Labute approximate surface area is 116 Å². The van der Waals surface area contributed by atoms with E-state index in [0.717, 1.165) is 11.3 Å². The topological polar surface area (TPSA) is 12.0 Å². The first kappa shape index (κ1) is 13.2. The van der Waals surface area contributed by atoms with Crippen molar-refractivity contribution in [2.75, 3.05) is 5.32 Å². The fourth-order valence-corrected chi connectivity index (χ4v) is 2.00. The molecular formula is C14H12Cl2FN. The van der Waals surface area contributed by atoms with Gasteiger partial charge in [-0.1, -0.05) is 35.3 Å². The van der Waals surface area contributed by atoms with E-state index in [2.05, 4.69) is 5.32 Å². The molecule has 0 fully saturated rings. The van der Waals surface area contributed by atoms with Crippen molar-refractivity contribution < 1.29 is 4.39 Å². The Balaban J connectivity index is 2.16. The van der Waals surface area contributed by atoms with Crippen LogP contribution in [0.15, 0.2) is 42.5 Å². The molecule has 0 radical (unpaired) electrons. The van der Waals surface area contributed by atoms with E-state index in [1.165, 1.54) is 12.1 Å². The van der Waals surface area contributed by atoms with Gasteiger partial charge in [0.2, 0.25) is 0 Å². The van der Waals surface area contributed by atoms with E-state index in [9.17, 15) is 4.39 Å². The Kier molecular flexibility index (Phi) is 4.10. The van der Waals surface area contributed by atoms with Gasteiger partial charge in [0, 0.05) is 11.7 Å². The quantitative estimate of drug-likeness (QED) is 0.805. The molecule has 0 spiro atoms. The van der Waals surface area contributed by atoms with E-state index >= 15 is 0 Å². The molecule has 0 amide bonds. The number of nitrogens with one attached hydrogen (secondary N) is 1. The normalized spacial score (nSPS) is 12.2. The average Bonchev–Trinajstić information content (AvgIpc) is 2.32. The molecule has 1 unspecified atom stereocenters. The fourth-order valence-electron chi connectivity index (χ4n) is 1.69. The molecule has 0 aliphatic heterocycles. The lowest BCUT2D eigenvalue weighted by Gasteiger charge is -2.16. The van der Waals surface area contributed by atoms with Gasteiger partial charge in [0.1, 0.15) is 5.82 Å². The molecule has 2 aromatic rings. The highest BCUT2D eigenvalue weighted by Gasteiger charge is 2.07. The summed E-state index contributed by atoms with van der Waals surface area (Å²) in [4.78, 5) is 0. The summed E-state index contributed by atoms with van der Waals surface area (Å²) in [6, 6.07) is 11.8. The lowest BCUT2D eigenvalue weighted by Crippen LogP contribution is -2.06. The van der Waals surface area contributed by atoms with Gasteiger partial charge in [-0.15, -0.1) is 0 Å². The number of benzene rings is 2. The summed E-state index contributed by atoms with van der Waals surface area (Å²) in [5.41, 5.74) is 1.72. The second kappa shape index (κ2) is 5.59. The van der Waals surface area contributed by atoms with Crippen LogP contribution in [0.3, 0.4) is 0 Å². The van der Waals surface area contributed by atoms with Crippen LogP contribution in [0, 0.1) is 5.82 Å². The second-order valence-electron chi connectivity index (χ2n) is 4.05. The molecule has 0 bridgehead atoms. The lowest BCUT2D eigenvalue weighted by molar-refractivity contribution is 0.628. The van der Waals surface area contributed by atoms with Crippen molar-refractivity contribution in [3.05, 3.63) is 63.9 Å². The first-order valence-corrected chi connectivity index (χ1v) is 6.29. The molecule has 0 heterocycles. The third-order valence-corrected chi connectivity index (χ3v) is 3.39. The zero-order valence-electron chi connectivity index (χ0n) is 9.75. The minimum absolute atomic E-state index is 0.0153. The van der Waals surface area contributed by atoms with Crippen molar-refractivity contribution in [3.63, 3.8) is 0 Å². The smallest absolute Gasteiger partial charge is 0.125 e. The molecule has 1 N–H and O–H groups in total. The van der Waals surface area contributed by atoms with Crippen molar-refractivity contribution in [3.8, 4) is 0 Å². The molecule has 94 valence electrons. The standard InChI is InChI=1S/C14H12Cl2FN/c1-9(10-5-6-13(15)14(16)7-10)18-12-4-2-3-11(17)8-12/h2-9,18H,1H3. The summed E-state index contributed by atoms with van der Waals surface area (Å²) in [7, 11) is 0. The van der Waals surface area contributed by atoms with E-state index in [4.69, 9.17) is 23.2 Å². The van der Waals surface area contributed by atoms with Crippen molar-refractivity contribution in [2.45, 2.75) is 13.0 Å². The first-order chi connectivity index (χ1) is 8.56. The van der Waals surface area contributed by atoms with Crippen molar-refractivity contribution in [2.24, 2.45) is 0 Å². The Morgan fingerprint density at radius 3 is 2.50 bits per heavy atom. The maximum Gasteiger partial charge on any atom is 0.125 e. The minimum Gasteiger partial charge on any atom is -0.378 e. The van der Waals surface area contributed by atoms with Crippen LogP contribution in [-0.2, 0) is 0 Å². The van der Waals surface area contributed by atoms with Gasteiger partial charge in [-0.25, -0.2) is 4.39 Å². The zero-order chi connectivity index (χ0) is 13.1. The SMILES string of the molecule is CC(Nc1cccc(F)c1)c1ccc(Cl)c(Cl)c1. The van der Waals surface area contributed by atoms with Crippen molar-refractivity contribution >= 4 is 28.9 Å². The molecule has 4 heteroatoms. The maximum absolute atomic E-state index is 13.1. The maximum atomic E-state index is 13.1. The van der Waals surface area contributed by atoms with Gasteiger partial charge in [0.05, 0.1) is 10.0 Å². The van der Waals surface area contributed by atoms with Crippen LogP contribution in [0.25, 0.3) is 0 Å². The van der Waals surface area contributed by atoms with Gasteiger partial charge < -0.3 is 5.32 Å². The summed E-state index contributed by atoms with van der Waals surface area (Å²) < 4.78 is 13.1. The molecule has 0 aromatic heterocycles. The van der Waals surface area contributed by atoms with Crippen molar-refractivity contribution in [1.82, 2.24) is 0 Å². The van der Waals surface area contributed by atoms with Crippen molar-refractivity contribution in [1.29, 1.82) is 0 Å². The van der Waals surface area contributed by atoms with E-state index in [0.29, 0.717) is 10.0 Å². The summed E-state index contributed by atoms with van der Waals surface area (Å²) in [5, 5.41) is 4.25. The number of hydrogen-bond acceptors (Lipinski definition) is 1. The van der Waals surface area contributed by atoms with Crippen LogP contribution in [0.5, 0.6) is 0 Å². The number of hydrogen-bond donors (Lipinski definition) is 1. The lowest BCUT2D eigenvalue weighted by atomic mass is 10.1. The molecule has 0 aliphatic rings. The van der Waals surface area contributed by atoms with Gasteiger partial charge in [-0.2, -0.15) is 0 Å². The van der Waals surface area contributed by atoms with Crippen LogP contribution < -0.4 is 5.32 Å². The second-order valence-corrected chi connectivity index (χ2v) is 4.86. The molecular weight excluding hydrogens is 272 g/mol. The number of rotatable bonds is 3. The minimum atomic E-state index is -0.263. The summed E-state index contributed by atoms with van der Waals surface area (Å²) in [5.74, 6) is -0.263. The number of halogens is 3. The van der Waals surface area contributed by atoms with Gasteiger partial charge in [0.25, 0.3) is 0 Å². The van der Waals surface area contributed by atoms with Crippen LogP contribution in [0.4, 0.5) is 10.1 Å².